The number of para-hydroxylation sites is 1. The van der Waals surface area contributed by atoms with Crippen LogP contribution in [0.2, 0.25) is 0 Å². The molecule has 3 rings (SSSR count). The van der Waals surface area contributed by atoms with E-state index in [2.05, 4.69) is 15.9 Å². The molecule has 0 N–H and O–H groups in total. The van der Waals surface area contributed by atoms with Gasteiger partial charge in [-0.05, 0) is 42.8 Å². The van der Waals surface area contributed by atoms with Crippen LogP contribution in [0.4, 0.5) is 0 Å². The summed E-state index contributed by atoms with van der Waals surface area (Å²) in [7, 11) is 1.59. The van der Waals surface area contributed by atoms with Crippen molar-refractivity contribution >= 4 is 33.9 Å². The van der Waals surface area contributed by atoms with Gasteiger partial charge in [-0.2, -0.15) is 0 Å². The van der Waals surface area contributed by atoms with Gasteiger partial charge in [0, 0.05) is 23.6 Å². The number of ketones is 1. The van der Waals surface area contributed by atoms with Gasteiger partial charge < -0.3 is 14.2 Å². The summed E-state index contributed by atoms with van der Waals surface area (Å²) in [6.45, 7) is 4.03. The molecule has 4 nitrogen and oxygen atoms in total. The van der Waals surface area contributed by atoms with Crippen molar-refractivity contribution in [2.24, 2.45) is 0 Å². The van der Waals surface area contributed by atoms with Gasteiger partial charge in [0.15, 0.2) is 17.3 Å². The summed E-state index contributed by atoms with van der Waals surface area (Å²) in [5, 5.41) is 0. The minimum atomic E-state index is -1.18. The third kappa shape index (κ3) is 4.15. The van der Waals surface area contributed by atoms with E-state index in [9.17, 15) is 4.79 Å². The Bertz CT molecular complexity index is 899. The van der Waals surface area contributed by atoms with Crippen LogP contribution in [0.5, 0.6) is 11.5 Å². The monoisotopic (exact) mass is 428 g/mol. The lowest BCUT2D eigenvalue weighted by Crippen LogP contribution is -2.42. The van der Waals surface area contributed by atoms with Gasteiger partial charge in [-0.3, -0.25) is 4.79 Å². The van der Waals surface area contributed by atoms with Gasteiger partial charge in [0.2, 0.25) is 5.79 Å². The predicted octanol–water partition coefficient (Wildman–Crippen LogP) is 5.27. The van der Waals surface area contributed by atoms with E-state index in [-0.39, 0.29) is 5.78 Å². The van der Waals surface area contributed by atoms with Crippen molar-refractivity contribution in [3.63, 3.8) is 0 Å². The minimum Gasteiger partial charge on any atom is -0.493 e. The van der Waals surface area contributed by atoms with Gasteiger partial charge >= 0.3 is 0 Å². The van der Waals surface area contributed by atoms with Crippen LogP contribution in [-0.4, -0.2) is 25.3 Å². The van der Waals surface area contributed by atoms with E-state index in [0.717, 1.165) is 15.6 Å². The fraction of sp³-hybridized carbons (Fsp3) is 0.227. The number of allylic oxidation sites excluding steroid dienone is 1. The van der Waals surface area contributed by atoms with Crippen LogP contribution in [-0.2, 0) is 9.53 Å². The zero-order chi connectivity index (χ0) is 19.4. The normalized spacial score (nSPS) is 18.6. The molecule has 0 amide bonds. The Hall–Kier alpha value is -2.37. The van der Waals surface area contributed by atoms with E-state index in [0.29, 0.717) is 23.7 Å². The predicted molar refractivity (Wildman–Crippen MR) is 110 cm³/mol. The number of rotatable bonds is 6. The lowest BCUT2D eigenvalue weighted by molar-refractivity contribution is -0.147. The third-order valence-electron chi connectivity index (χ3n) is 4.30. The number of methoxy groups -OCH3 is 1. The number of carbonyl (C=O) groups excluding carboxylic acids is 1. The molecule has 1 aliphatic heterocycles. The lowest BCUT2D eigenvalue weighted by Gasteiger charge is -2.35. The maximum absolute atomic E-state index is 12.9. The van der Waals surface area contributed by atoms with Crippen molar-refractivity contribution in [3.05, 3.63) is 69.7 Å². The number of ether oxygens (including phenoxy) is 3. The molecule has 0 aromatic heterocycles. The lowest BCUT2D eigenvalue weighted by atomic mass is 9.95. The fourth-order valence-electron chi connectivity index (χ4n) is 2.97. The Labute approximate surface area is 167 Å². The van der Waals surface area contributed by atoms with Gasteiger partial charge in [-0.1, -0.05) is 46.3 Å². The summed E-state index contributed by atoms with van der Waals surface area (Å²) < 4.78 is 18.3. The topological polar surface area (TPSA) is 44.8 Å². The molecule has 1 unspecified atom stereocenters. The maximum atomic E-state index is 12.9. The second-order valence-corrected chi connectivity index (χ2v) is 7.08. The summed E-state index contributed by atoms with van der Waals surface area (Å²) in [5.41, 5.74) is 2.16. The van der Waals surface area contributed by atoms with Crippen molar-refractivity contribution in [3.8, 4) is 11.5 Å². The van der Waals surface area contributed by atoms with Gasteiger partial charge in [0.05, 0.1) is 12.7 Å². The number of hydrogen-bond donors (Lipinski definition) is 0. The Kier molecular flexibility index (Phi) is 5.82. The Morgan fingerprint density at radius 3 is 2.63 bits per heavy atom. The zero-order valence-corrected chi connectivity index (χ0v) is 17.1. The van der Waals surface area contributed by atoms with E-state index in [1.54, 1.807) is 26.2 Å². The van der Waals surface area contributed by atoms with Crippen LogP contribution < -0.4 is 9.47 Å². The highest BCUT2D eigenvalue weighted by Gasteiger charge is 2.40. The molecule has 1 heterocycles. The van der Waals surface area contributed by atoms with Crippen LogP contribution >= 0.6 is 15.9 Å². The average Bonchev–Trinajstić information content (AvgIpc) is 2.66. The highest BCUT2D eigenvalue weighted by molar-refractivity contribution is 9.10. The zero-order valence-electron chi connectivity index (χ0n) is 15.5. The first-order valence-electron chi connectivity index (χ1n) is 8.67. The number of fused-ring (bicyclic) bond motifs is 1. The van der Waals surface area contributed by atoms with Crippen LogP contribution in [0.25, 0.3) is 12.2 Å². The first kappa shape index (κ1) is 19.4. The average molecular weight is 429 g/mol. The molecule has 0 bridgehead atoms. The van der Waals surface area contributed by atoms with E-state index < -0.39 is 5.79 Å². The van der Waals surface area contributed by atoms with Crippen LogP contribution in [0.1, 0.15) is 25.0 Å². The number of halogens is 1. The van der Waals surface area contributed by atoms with Crippen molar-refractivity contribution in [1.82, 2.24) is 0 Å². The van der Waals surface area contributed by atoms with E-state index in [4.69, 9.17) is 14.2 Å². The minimum absolute atomic E-state index is 0.165. The van der Waals surface area contributed by atoms with Gasteiger partial charge in [-0.15, -0.1) is 0 Å². The Morgan fingerprint density at radius 1 is 1.22 bits per heavy atom. The van der Waals surface area contributed by atoms with Crippen molar-refractivity contribution in [2.75, 3.05) is 13.7 Å². The molecule has 0 saturated carbocycles. The first-order valence-corrected chi connectivity index (χ1v) is 9.46. The molecule has 5 heteroatoms. The summed E-state index contributed by atoms with van der Waals surface area (Å²) in [4.78, 5) is 12.9. The van der Waals surface area contributed by atoms with Crippen LogP contribution in [0.15, 0.2) is 58.6 Å². The molecule has 0 saturated heterocycles. The fourth-order valence-corrected chi connectivity index (χ4v) is 3.23. The summed E-state index contributed by atoms with van der Waals surface area (Å²) in [6, 6.07) is 13.3. The number of benzene rings is 2. The van der Waals surface area contributed by atoms with Gasteiger partial charge in [0.25, 0.3) is 0 Å². The first-order chi connectivity index (χ1) is 13.0. The van der Waals surface area contributed by atoms with Crippen molar-refractivity contribution < 1.29 is 19.0 Å². The second-order valence-electron chi connectivity index (χ2n) is 6.17. The van der Waals surface area contributed by atoms with E-state index in [1.807, 2.05) is 55.5 Å². The molecular formula is C22H21BrO4. The van der Waals surface area contributed by atoms with Crippen LogP contribution in [0.3, 0.4) is 0 Å². The summed E-state index contributed by atoms with van der Waals surface area (Å²) in [5.74, 6) is -0.171. The molecule has 2 aromatic carbocycles. The molecule has 140 valence electrons. The third-order valence-corrected chi connectivity index (χ3v) is 4.83. The SMILES string of the molecule is CCOC1(C)Oc2c(cccc2OC)C=C1C(=O)/C=C/c1ccc(Br)cc1. The van der Waals surface area contributed by atoms with Crippen LogP contribution in [0, 0.1) is 0 Å². The van der Waals surface area contributed by atoms with Gasteiger partial charge in [-0.25, -0.2) is 0 Å². The molecular weight excluding hydrogens is 408 g/mol. The molecule has 2 aromatic rings. The molecule has 1 aliphatic rings. The van der Waals surface area contributed by atoms with Crippen molar-refractivity contribution in [2.45, 2.75) is 19.6 Å². The molecule has 0 fully saturated rings. The molecule has 0 spiro atoms. The molecule has 1 atom stereocenters. The Balaban J connectivity index is 1.97. The molecule has 27 heavy (non-hydrogen) atoms. The maximum Gasteiger partial charge on any atom is 0.238 e. The van der Waals surface area contributed by atoms with Crippen molar-refractivity contribution in [1.29, 1.82) is 0 Å². The molecule has 0 aliphatic carbocycles. The number of hydrogen-bond acceptors (Lipinski definition) is 4. The quantitative estimate of drug-likeness (QED) is 0.587. The largest absolute Gasteiger partial charge is 0.493 e. The number of carbonyl (C=O) groups is 1. The smallest absolute Gasteiger partial charge is 0.238 e. The Morgan fingerprint density at radius 2 is 1.96 bits per heavy atom. The van der Waals surface area contributed by atoms with E-state index in [1.165, 1.54) is 0 Å². The summed E-state index contributed by atoms with van der Waals surface area (Å²) in [6.07, 6.45) is 5.13. The standard InChI is InChI=1S/C22H21BrO4/c1-4-26-22(2)18(14-16-6-5-7-20(25-3)21(16)27-22)19(24)13-10-15-8-11-17(23)12-9-15/h5-14H,4H2,1-3H3/b13-10+. The summed E-state index contributed by atoms with van der Waals surface area (Å²) >= 11 is 3.40. The van der Waals surface area contributed by atoms with E-state index >= 15 is 0 Å². The second kappa shape index (κ2) is 8.11. The highest BCUT2D eigenvalue weighted by atomic mass is 79.9. The molecule has 0 radical (unpaired) electrons. The van der Waals surface area contributed by atoms with Gasteiger partial charge in [0.1, 0.15) is 0 Å². The highest BCUT2D eigenvalue weighted by Crippen LogP contribution is 2.42.